The molecule has 0 radical (unpaired) electrons. The predicted molar refractivity (Wildman–Crippen MR) is 45.1 cm³/mol. The first-order valence-electron chi connectivity index (χ1n) is 3.81. The van der Waals surface area contributed by atoms with E-state index >= 15 is 0 Å². The summed E-state index contributed by atoms with van der Waals surface area (Å²) in [6, 6.07) is 0.387. The van der Waals surface area contributed by atoms with E-state index < -0.39 is 0 Å². The number of β-lactam (4-membered cyclic amide) rings is 1. The van der Waals surface area contributed by atoms with Crippen LogP contribution in [0.1, 0.15) is 12.8 Å². The second kappa shape index (κ2) is 3.37. The van der Waals surface area contributed by atoms with Gasteiger partial charge in [-0.15, -0.1) is 13.2 Å². The molecule has 0 spiro atoms. The zero-order valence-corrected chi connectivity index (χ0v) is 6.62. The van der Waals surface area contributed by atoms with Gasteiger partial charge in [-0.2, -0.15) is 0 Å². The van der Waals surface area contributed by atoms with Crippen molar-refractivity contribution < 1.29 is 4.79 Å². The third kappa shape index (κ3) is 1.50. The molecule has 0 aliphatic carbocycles. The first-order chi connectivity index (χ1) is 5.29. The highest BCUT2D eigenvalue weighted by Crippen LogP contribution is 2.21. The van der Waals surface area contributed by atoms with E-state index in [4.69, 9.17) is 0 Å². The maximum atomic E-state index is 10.9. The first kappa shape index (κ1) is 8.05. The topological polar surface area (TPSA) is 20.3 Å². The van der Waals surface area contributed by atoms with Crippen LogP contribution in [0, 0.1) is 0 Å². The highest BCUT2D eigenvalue weighted by molar-refractivity contribution is 5.83. The van der Waals surface area contributed by atoms with Gasteiger partial charge in [0.1, 0.15) is 0 Å². The Morgan fingerprint density at radius 2 is 2.27 bits per heavy atom. The van der Waals surface area contributed by atoms with Gasteiger partial charge in [0.2, 0.25) is 5.91 Å². The number of amides is 1. The maximum Gasteiger partial charge on any atom is 0.225 e. The van der Waals surface area contributed by atoms with Crippen molar-refractivity contribution in [2.75, 3.05) is 6.54 Å². The van der Waals surface area contributed by atoms with Crippen LogP contribution in [-0.2, 0) is 4.79 Å². The van der Waals surface area contributed by atoms with Crippen molar-refractivity contribution in [1.82, 2.24) is 4.90 Å². The maximum absolute atomic E-state index is 10.9. The smallest absolute Gasteiger partial charge is 0.225 e. The van der Waals surface area contributed by atoms with Gasteiger partial charge in [0.25, 0.3) is 0 Å². The average Bonchev–Trinajstić information content (AvgIpc) is 2.00. The molecule has 1 aliphatic heterocycles. The first-order valence-corrected chi connectivity index (χ1v) is 3.81. The van der Waals surface area contributed by atoms with Crippen LogP contribution in [-0.4, -0.2) is 23.4 Å². The Morgan fingerprint density at radius 3 is 2.73 bits per heavy atom. The zero-order valence-electron chi connectivity index (χ0n) is 6.62. The molecule has 1 fully saturated rings. The Morgan fingerprint density at radius 1 is 1.55 bits per heavy atom. The van der Waals surface area contributed by atoms with Crippen molar-refractivity contribution in [2.24, 2.45) is 0 Å². The van der Waals surface area contributed by atoms with Crippen LogP contribution in [0.25, 0.3) is 0 Å². The van der Waals surface area contributed by atoms with Crippen molar-refractivity contribution >= 4 is 5.91 Å². The molecule has 1 amide bonds. The zero-order chi connectivity index (χ0) is 8.27. The number of likely N-dealkylation sites (tertiary alicyclic amines) is 1. The molecule has 60 valence electrons. The molecule has 1 unspecified atom stereocenters. The van der Waals surface area contributed by atoms with Gasteiger partial charge in [-0.3, -0.25) is 4.79 Å². The van der Waals surface area contributed by atoms with E-state index in [1.165, 1.54) is 0 Å². The highest BCUT2D eigenvalue weighted by atomic mass is 16.2. The number of rotatable bonds is 4. The Bertz CT molecular complexity index is 184. The summed E-state index contributed by atoms with van der Waals surface area (Å²) >= 11 is 0. The molecular weight excluding hydrogens is 138 g/mol. The average molecular weight is 151 g/mol. The molecule has 0 N–H and O–H groups in total. The third-order valence-corrected chi connectivity index (χ3v) is 1.94. The van der Waals surface area contributed by atoms with Crippen molar-refractivity contribution in [2.45, 2.75) is 18.9 Å². The van der Waals surface area contributed by atoms with Crippen molar-refractivity contribution in [3.63, 3.8) is 0 Å². The van der Waals surface area contributed by atoms with Crippen LogP contribution in [0.3, 0.4) is 0 Å². The molecule has 0 aromatic heterocycles. The standard InChI is InChI=1S/C9H13NO/c1-3-5-8-7-9(11)10(8)6-4-2/h3-4,8H,1-2,5-7H2. The second-order valence-electron chi connectivity index (χ2n) is 2.72. The number of nitrogens with zero attached hydrogens (tertiary/aromatic N) is 1. The minimum atomic E-state index is 0.233. The van der Waals surface area contributed by atoms with Crippen LogP contribution < -0.4 is 0 Å². The van der Waals surface area contributed by atoms with Gasteiger partial charge in [-0.1, -0.05) is 12.2 Å². The lowest BCUT2D eigenvalue weighted by molar-refractivity contribution is -0.144. The molecular formula is C9H13NO. The van der Waals surface area contributed by atoms with Crippen LogP contribution in [0.5, 0.6) is 0 Å². The lowest BCUT2D eigenvalue weighted by Gasteiger charge is -2.39. The second-order valence-corrected chi connectivity index (χ2v) is 2.72. The van der Waals surface area contributed by atoms with Gasteiger partial charge in [-0.05, 0) is 6.42 Å². The number of carbonyl (C=O) groups excluding carboxylic acids is 1. The Labute approximate surface area is 67.2 Å². The van der Waals surface area contributed by atoms with E-state index in [2.05, 4.69) is 13.2 Å². The van der Waals surface area contributed by atoms with E-state index in [1.54, 1.807) is 6.08 Å². The molecule has 0 aromatic rings. The SMILES string of the molecule is C=CCC1CC(=O)N1CC=C. The van der Waals surface area contributed by atoms with Crippen molar-refractivity contribution in [3.8, 4) is 0 Å². The number of hydrogen-bond donors (Lipinski definition) is 0. The minimum Gasteiger partial charge on any atom is -0.335 e. The summed E-state index contributed by atoms with van der Waals surface area (Å²) in [6.45, 7) is 7.91. The number of carbonyl (C=O) groups is 1. The lowest BCUT2D eigenvalue weighted by Crippen LogP contribution is -2.52. The summed E-state index contributed by atoms with van der Waals surface area (Å²) in [6.07, 6.45) is 5.19. The molecule has 1 rings (SSSR count). The van der Waals surface area contributed by atoms with Crippen LogP contribution in [0.2, 0.25) is 0 Å². The summed E-state index contributed by atoms with van der Waals surface area (Å²) in [5, 5.41) is 0. The van der Waals surface area contributed by atoms with Crippen LogP contribution >= 0.6 is 0 Å². The summed E-state index contributed by atoms with van der Waals surface area (Å²) in [4.78, 5) is 12.8. The fourth-order valence-corrected chi connectivity index (χ4v) is 1.31. The molecule has 0 aromatic carbocycles. The molecule has 2 heteroatoms. The quantitative estimate of drug-likeness (QED) is 0.438. The fraction of sp³-hybridized carbons (Fsp3) is 0.444. The Hall–Kier alpha value is -1.05. The van der Waals surface area contributed by atoms with E-state index in [-0.39, 0.29) is 5.91 Å². The van der Waals surface area contributed by atoms with Gasteiger partial charge in [0, 0.05) is 19.0 Å². The van der Waals surface area contributed by atoms with Gasteiger partial charge in [0.05, 0.1) is 0 Å². The fourth-order valence-electron chi connectivity index (χ4n) is 1.31. The largest absolute Gasteiger partial charge is 0.335 e. The lowest BCUT2D eigenvalue weighted by atomic mass is 9.99. The molecule has 1 saturated heterocycles. The Balaban J connectivity index is 2.40. The molecule has 1 aliphatic rings. The summed E-state index contributed by atoms with van der Waals surface area (Å²) in [5.41, 5.74) is 0. The molecule has 11 heavy (non-hydrogen) atoms. The van der Waals surface area contributed by atoms with Crippen molar-refractivity contribution in [1.29, 1.82) is 0 Å². The van der Waals surface area contributed by atoms with Crippen molar-refractivity contribution in [3.05, 3.63) is 25.3 Å². The predicted octanol–water partition coefficient (Wildman–Crippen LogP) is 1.35. The Kier molecular flexibility index (Phi) is 2.47. The minimum absolute atomic E-state index is 0.233. The van der Waals surface area contributed by atoms with E-state index in [0.717, 1.165) is 6.42 Å². The normalized spacial score (nSPS) is 22.7. The van der Waals surface area contributed by atoms with Gasteiger partial charge in [0.15, 0.2) is 0 Å². The summed E-state index contributed by atoms with van der Waals surface area (Å²) in [7, 11) is 0. The highest BCUT2D eigenvalue weighted by Gasteiger charge is 2.33. The van der Waals surface area contributed by atoms with Crippen LogP contribution in [0.15, 0.2) is 25.3 Å². The van der Waals surface area contributed by atoms with Gasteiger partial charge < -0.3 is 4.90 Å². The van der Waals surface area contributed by atoms with E-state index in [0.29, 0.717) is 19.0 Å². The van der Waals surface area contributed by atoms with Crippen LogP contribution in [0.4, 0.5) is 0 Å². The molecule has 0 saturated carbocycles. The number of hydrogen-bond acceptors (Lipinski definition) is 1. The summed E-state index contributed by atoms with van der Waals surface area (Å²) < 4.78 is 0. The summed E-state index contributed by atoms with van der Waals surface area (Å²) in [5.74, 6) is 0.233. The third-order valence-electron chi connectivity index (χ3n) is 1.94. The molecule has 1 atom stereocenters. The molecule has 0 bridgehead atoms. The van der Waals surface area contributed by atoms with Gasteiger partial charge in [-0.25, -0.2) is 0 Å². The molecule has 2 nitrogen and oxygen atoms in total. The monoisotopic (exact) mass is 151 g/mol. The van der Waals surface area contributed by atoms with E-state index in [9.17, 15) is 4.79 Å². The molecule has 1 heterocycles. The van der Waals surface area contributed by atoms with E-state index in [1.807, 2.05) is 11.0 Å². The van der Waals surface area contributed by atoms with Gasteiger partial charge >= 0.3 is 0 Å².